The normalized spacial score (nSPS) is 12.5. The maximum Gasteiger partial charge on any atom is 0.407 e. The van der Waals surface area contributed by atoms with Crippen molar-refractivity contribution >= 4 is 6.09 Å². The number of alkyl carbamates (subject to hydrolysis) is 1. The van der Waals surface area contributed by atoms with E-state index in [1.165, 1.54) is 0 Å². The number of nitrogens with one attached hydrogen (secondary N) is 1. The molecule has 0 saturated carbocycles. The number of amides is 1. The van der Waals surface area contributed by atoms with E-state index in [-0.39, 0.29) is 12.6 Å². The third-order valence-electron chi connectivity index (χ3n) is 1.76. The van der Waals surface area contributed by atoms with Crippen molar-refractivity contribution in [2.24, 2.45) is 5.11 Å². The van der Waals surface area contributed by atoms with Crippen molar-refractivity contribution in [3.8, 4) is 0 Å². The van der Waals surface area contributed by atoms with E-state index in [1.807, 2.05) is 0 Å². The van der Waals surface area contributed by atoms with Gasteiger partial charge in [-0.15, -0.1) is 0 Å². The minimum absolute atomic E-state index is 0.180. The van der Waals surface area contributed by atoms with Gasteiger partial charge in [-0.1, -0.05) is 5.11 Å². The van der Waals surface area contributed by atoms with Crippen LogP contribution in [0, 0.1) is 0 Å². The lowest BCUT2D eigenvalue weighted by atomic mass is 10.2. The second-order valence-corrected chi connectivity index (χ2v) is 4.54. The molecule has 0 rings (SSSR count). The van der Waals surface area contributed by atoms with Crippen LogP contribution in [-0.4, -0.2) is 38.0 Å². The molecule has 0 aliphatic heterocycles. The van der Waals surface area contributed by atoms with Gasteiger partial charge in [0, 0.05) is 31.2 Å². The molecule has 7 nitrogen and oxygen atoms in total. The molecular weight excluding hydrogens is 224 g/mol. The van der Waals surface area contributed by atoms with Gasteiger partial charge in [-0.3, -0.25) is 0 Å². The summed E-state index contributed by atoms with van der Waals surface area (Å²) in [6.07, 6.45) is 0.0427. The molecule has 0 spiro atoms. The van der Waals surface area contributed by atoms with E-state index in [4.69, 9.17) is 15.0 Å². The fourth-order valence-electron chi connectivity index (χ4n) is 1.08. The first-order chi connectivity index (χ1) is 7.89. The Morgan fingerprint density at radius 1 is 1.53 bits per heavy atom. The Bertz CT molecular complexity index is 282. The van der Waals surface area contributed by atoms with Gasteiger partial charge in [0.2, 0.25) is 0 Å². The van der Waals surface area contributed by atoms with Crippen molar-refractivity contribution in [3.05, 3.63) is 10.4 Å². The summed E-state index contributed by atoms with van der Waals surface area (Å²) in [4.78, 5) is 14.1. The molecule has 0 aromatic heterocycles. The molecule has 7 heteroatoms. The lowest BCUT2D eigenvalue weighted by molar-refractivity contribution is 0.0496. The molecule has 0 fully saturated rings. The van der Waals surface area contributed by atoms with Gasteiger partial charge >= 0.3 is 6.09 Å². The maximum atomic E-state index is 11.5. The third-order valence-corrected chi connectivity index (χ3v) is 1.76. The Hall–Kier alpha value is -1.46. The van der Waals surface area contributed by atoms with E-state index in [0.29, 0.717) is 13.0 Å². The minimum atomic E-state index is -0.547. The highest BCUT2D eigenvalue weighted by molar-refractivity contribution is 5.68. The van der Waals surface area contributed by atoms with Crippen molar-refractivity contribution < 1.29 is 14.3 Å². The highest BCUT2D eigenvalue weighted by Crippen LogP contribution is 2.07. The van der Waals surface area contributed by atoms with Crippen LogP contribution in [-0.2, 0) is 9.47 Å². The highest BCUT2D eigenvalue weighted by atomic mass is 16.6. The first-order valence-corrected chi connectivity index (χ1v) is 5.38. The lowest BCUT2D eigenvalue weighted by Gasteiger charge is -2.22. The van der Waals surface area contributed by atoms with Gasteiger partial charge in [0.15, 0.2) is 0 Å². The predicted molar refractivity (Wildman–Crippen MR) is 63.7 cm³/mol. The third kappa shape index (κ3) is 9.47. The van der Waals surface area contributed by atoms with Gasteiger partial charge in [-0.05, 0) is 32.7 Å². The average Bonchev–Trinajstić information content (AvgIpc) is 2.19. The Kier molecular flexibility index (Phi) is 7.09. The first-order valence-electron chi connectivity index (χ1n) is 5.38. The number of azide groups is 1. The molecular formula is C10H20N4O3. The summed E-state index contributed by atoms with van der Waals surface area (Å²) >= 11 is 0. The van der Waals surface area contributed by atoms with Crippen molar-refractivity contribution in [1.82, 2.24) is 5.32 Å². The summed E-state index contributed by atoms with van der Waals surface area (Å²) in [6, 6.07) is -0.277. The van der Waals surface area contributed by atoms with Gasteiger partial charge in [0.25, 0.3) is 0 Å². The average molecular weight is 244 g/mol. The number of carbonyl (C=O) groups is 1. The molecule has 1 N–H and O–H groups in total. The number of rotatable bonds is 6. The van der Waals surface area contributed by atoms with E-state index in [2.05, 4.69) is 15.3 Å². The molecule has 98 valence electrons. The standard InChI is InChI=1S/C10H20N4O3/c1-10(2,3)17-9(15)13-8(5-6-16-4)7-12-14-11/h8H,5-7H2,1-4H3,(H,13,15)/t8-/m0/s1. The number of hydrogen-bond donors (Lipinski definition) is 1. The van der Waals surface area contributed by atoms with E-state index in [1.54, 1.807) is 27.9 Å². The van der Waals surface area contributed by atoms with Crippen LogP contribution in [0.25, 0.3) is 10.4 Å². The fraction of sp³-hybridized carbons (Fsp3) is 0.900. The summed E-state index contributed by atoms with van der Waals surface area (Å²) in [7, 11) is 1.57. The van der Waals surface area contributed by atoms with Gasteiger partial charge in [0.05, 0.1) is 0 Å². The molecule has 1 amide bonds. The monoisotopic (exact) mass is 244 g/mol. The molecule has 0 aromatic carbocycles. The van der Waals surface area contributed by atoms with Gasteiger partial charge in [0.1, 0.15) is 5.60 Å². The molecule has 0 heterocycles. The second-order valence-electron chi connectivity index (χ2n) is 4.54. The highest BCUT2D eigenvalue weighted by Gasteiger charge is 2.18. The summed E-state index contributed by atoms with van der Waals surface area (Å²) in [6.45, 7) is 6.00. The summed E-state index contributed by atoms with van der Waals surface area (Å²) in [5, 5.41) is 6.07. The maximum absolute atomic E-state index is 11.5. The van der Waals surface area contributed by atoms with Crippen molar-refractivity contribution in [2.45, 2.75) is 38.8 Å². The van der Waals surface area contributed by atoms with Crippen LogP contribution in [0.4, 0.5) is 4.79 Å². The number of carbonyl (C=O) groups excluding carboxylic acids is 1. The summed E-state index contributed by atoms with van der Waals surface area (Å²) in [5.41, 5.74) is 7.70. The molecule has 0 aliphatic carbocycles. The molecule has 17 heavy (non-hydrogen) atoms. The Labute approximate surface area is 101 Å². The predicted octanol–water partition coefficient (Wildman–Crippen LogP) is 2.23. The van der Waals surface area contributed by atoms with E-state index < -0.39 is 11.7 Å². The first kappa shape index (κ1) is 15.5. The molecule has 0 saturated heterocycles. The smallest absolute Gasteiger partial charge is 0.407 e. The van der Waals surface area contributed by atoms with Crippen LogP contribution in [0.3, 0.4) is 0 Å². The van der Waals surface area contributed by atoms with Crippen molar-refractivity contribution in [2.75, 3.05) is 20.3 Å². The number of ether oxygens (including phenoxy) is 2. The van der Waals surface area contributed by atoms with Crippen LogP contribution in [0.15, 0.2) is 5.11 Å². The minimum Gasteiger partial charge on any atom is -0.444 e. The SMILES string of the molecule is COCC[C@@H](CN=[N+]=[N-])NC(=O)OC(C)(C)C. The zero-order valence-electron chi connectivity index (χ0n) is 10.8. The van der Waals surface area contributed by atoms with Gasteiger partial charge < -0.3 is 14.8 Å². The van der Waals surface area contributed by atoms with Crippen LogP contribution in [0.5, 0.6) is 0 Å². The largest absolute Gasteiger partial charge is 0.444 e. The topological polar surface area (TPSA) is 96.3 Å². The van der Waals surface area contributed by atoms with Crippen LogP contribution in [0.2, 0.25) is 0 Å². The van der Waals surface area contributed by atoms with Crippen LogP contribution >= 0.6 is 0 Å². The Morgan fingerprint density at radius 2 is 2.18 bits per heavy atom. The second kappa shape index (κ2) is 7.76. The lowest BCUT2D eigenvalue weighted by Crippen LogP contribution is -2.41. The van der Waals surface area contributed by atoms with Crippen LogP contribution < -0.4 is 5.32 Å². The van der Waals surface area contributed by atoms with Crippen LogP contribution in [0.1, 0.15) is 27.2 Å². The Morgan fingerprint density at radius 3 is 2.65 bits per heavy atom. The van der Waals surface area contributed by atoms with E-state index in [9.17, 15) is 4.79 Å². The fourth-order valence-corrected chi connectivity index (χ4v) is 1.08. The number of nitrogens with zero attached hydrogens (tertiary/aromatic N) is 3. The van der Waals surface area contributed by atoms with Crippen molar-refractivity contribution in [1.29, 1.82) is 0 Å². The van der Waals surface area contributed by atoms with Crippen molar-refractivity contribution in [3.63, 3.8) is 0 Å². The number of methoxy groups -OCH3 is 1. The molecule has 0 bridgehead atoms. The number of hydrogen-bond acceptors (Lipinski definition) is 4. The summed E-state index contributed by atoms with van der Waals surface area (Å²) in [5.74, 6) is 0. The molecule has 0 unspecified atom stereocenters. The quantitative estimate of drug-likeness (QED) is 0.440. The molecule has 0 radical (unpaired) electrons. The molecule has 1 atom stereocenters. The molecule has 0 aliphatic rings. The van der Waals surface area contributed by atoms with E-state index in [0.717, 1.165) is 0 Å². The van der Waals surface area contributed by atoms with Gasteiger partial charge in [-0.25, -0.2) is 4.79 Å². The van der Waals surface area contributed by atoms with E-state index >= 15 is 0 Å². The van der Waals surface area contributed by atoms with Gasteiger partial charge in [-0.2, -0.15) is 0 Å². The zero-order valence-corrected chi connectivity index (χ0v) is 10.8. The molecule has 0 aromatic rings. The zero-order chi connectivity index (χ0) is 13.3. The summed E-state index contributed by atoms with van der Waals surface area (Å²) < 4.78 is 10.0. The Balaban J connectivity index is 4.21.